The fourth-order valence-corrected chi connectivity index (χ4v) is 7.81. The molecule has 7 amide bonds. The van der Waals surface area contributed by atoms with E-state index in [2.05, 4.69) is 37.2 Å². The van der Waals surface area contributed by atoms with E-state index in [1.54, 1.807) is 34.1 Å². The van der Waals surface area contributed by atoms with Crippen LogP contribution in [-0.4, -0.2) is 83.1 Å². The van der Waals surface area contributed by atoms with Gasteiger partial charge in [-0.05, 0) is 193 Å². The summed E-state index contributed by atoms with van der Waals surface area (Å²) in [5.41, 5.74) is 51.3. The van der Waals surface area contributed by atoms with E-state index in [9.17, 15) is 33.6 Å². The van der Waals surface area contributed by atoms with Gasteiger partial charge in [0, 0.05) is 110 Å². The molecular formula is C77H109N14O7Y-. The Kier molecular flexibility index (Phi) is 41.3. The number of benzene rings is 7. The molecule has 7 aromatic rings. The minimum atomic E-state index is -0.842. The van der Waals surface area contributed by atoms with Crippen molar-refractivity contribution in [2.24, 2.45) is 46.1 Å². The number of hydrogen-bond acceptors (Lipinski definition) is 14. The average Bonchev–Trinajstić information content (AvgIpc) is 0.812. The summed E-state index contributed by atoms with van der Waals surface area (Å²) < 4.78 is 0. The molecule has 0 bridgehead atoms. The van der Waals surface area contributed by atoms with E-state index < -0.39 is 23.2 Å². The van der Waals surface area contributed by atoms with Crippen LogP contribution in [0.2, 0.25) is 0 Å². The van der Waals surface area contributed by atoms with Crippen molar-refractivity contribution in [3.63, 3.8) is 0 Å². The minimum absolute atomic E-state index is 0. The van der Waals surface area contributed by atoms with Gasteiger partial charge in [0.2, 0.25) is 41.4 Å². The van der Waals surface area contributed by atoms with Crippen molar-refractivity contribution < 1.29 is 66.3 Å². The zero-order valence-electron chi connectivity index (χ0n) is 60.3. The molecule has 0 heterocycles. The van der Waals surface area contributed by atoms with Crippen LogP contribution >= 0.6 is 0 Å². The van der Waals surface area contributed by atoms with E-state index in [-0.39, 0.29) is 92.1 Å². The third kappa shape index (κ3) is 38.6. The molecule has 1 saturated carbocycles. The molecule has 7 aromatic carbocycles. The first-order valence-corrected chi connectivity index (χ1v) is 32.7. The predicted molar refractivity (Wildman–Crippen MR) is 404 cm³/mol. The SMILES string of the molecule is C[CH-]C(N)C(=O)Nc1ccc(C)cc1.Cc1ccc(NC(=O)C(C)(C)N)cc1.Cc1ccc(NC(=O)C(C)CN)cc1.Cc1ccc(NC(=O)C(C)N)cc1.Cc1ccc(NC(=O)C2(N)CCC2)cc1.Cc1ccc(NC(=O)CC(C)N)cc1.Cc1ccc(NC(=O)CC(C)N)cc1.[Y]. The van der Waals surface area contributed by atoms with Crippen LogP contribution in [0.4, 0.5) is 39.8 Å². The topological polar surface area (TPSA) is 386 Å². The molecule has 1 aliphatic carbocycles. The van der Waals surface area contributed by atoms with Crippen molar-refractivity contribution in [1.82, 2.24) is 0 Å². The van der Waals surface area contributed by atoms with Crippen molar-refractivity contribution in [3.05, 3.63) is 215 Å². The fourth-order valence-electron chi connectivity index (χ4n) is 7.81. The van der Waals surface area contributed by atoms with Crippen molar-refractivity contribution in [1.29, 1.82) is 0 Å². The van der Waals surface area contributed by atoms with Gasteiger partial charge in [-0.15, -0.1) is 0 Å². The van der Waals surface area contributed by atoms with Crippen molar-refractivity contribution in [2.45, 2.75) is 164 Å². The van der Waals surface area contributed by atoms with Crippen molar-refractivity contribution in [3.8, 4) is 0 Å². The summed E-state index contributed by atoms with van der Waals surface area (Å²) in [4.78, 5) is 79.8. The maximum absolute atomic E-state index is 11.8. The summed E-state index contributed by atoms with van der Waals surface area (Å²) in [5.74, 6) is -0.834. The number of amides is 7. The van der Waals surface area contributed by atoms with Crippen LogP contribution in [0.5, 0.6) is 0 Å². The van der Waals surface area contributed by atoms with Crippen LogP contribution in [0.1, 0.15) is 120 Å². The van der Waals surface area contributed by atoms with Gasteiger partial charge >= 0.3 is 0 Å². The molecule has 21 nitrogen and oxygen atoms in total. The predicted octanol–water partition coefficient (Wildman–Crippen LogP) is 11.1. The standard InChI is InChI=1S/C12H16N2O.4C11H16N2O.C11H15N2O.C10H14N2O.Y/c1-9-3-5-10(6-4-9)14-11(15)12(13)7-2-8-12;1-8-4-6-9(7-5-8)13-10(14)11(2,3)12;1-8-3-5-10(6-4-8)13-11(14)9(2)7-12;2*1-8-3-5-10(6-4-8)13-11(14)7-9(2)12;1-3-10(12)11(14)13-9-6-4-8(2)5-7-9;1-7-3-5-9(6-4-7)12-10(13)8(2)11;/h3-6H,2,7-8,13H2,1H3,(H,14,15);4-7H,12H2,1-3H3,(H,13,14);3*3-6,9H,7,12H2,1-2H3,(H,13,14);3-7,10H,12H2,1-2H3,(H,13,14);3-6,8H,11H2,1-2H3,(H,12,13);/q;;;;;-1;;. The van der Waals surface area contributed by atoms with E-state index >= 15 is 0 Å². The molecule has 0 aliphatic heterocycles. The summed E-state index contributed by atoms with van der Waals surface area (Å²) in [6.45, 7) is 26.6. The number of anilines is 7. The first-order valence-electron chi connectivity index (χ1n) is 32.7. The molecular weight excluding hydrogens is 1320 g/mol. The smallest absolute Gasteiger partial charge is 0.244 e. The van der Waals surface area contributed by atoms with Crippen LogP contribution in [0.3, 0.4) is 0 Å². The van der Waals surface area contributed by atoms with Gasteiger partial charge in [-0.3, -0.25) is 33.6 Å². The van der Waals surface area contributed by atoms with Gasteiger partial charge in [-0.25, -0.2) is 0 Å². The fraction of sp³-hybridized carbons (Fsp3) is 0.351. The summed E-state index contributed by atoms with van der Waals surface area (Å²) in [6.07, 6.45) is 5.01. The second-order valence-electron chi connectivity index (χ2n) is 25.4. The maximum atomic E-state index is 11.8. The molecule has 99 heavy (non-hydrogen) atoms. The molecule has 0 saturated heterocycles. The third-order valence-electron chi connectivity index (χ3n) is 14.4. The van der Waals surface area contributed by atoms with Crippen LogP contribution in [0.15, 0.2) is 170 Å². The average molecular weight is 1430 g/mol. The Balaban J connectivity index is 0.000000577. The van der Waals surface area contributed by atoms with Gasteiger partial charge < -0.3 is 83.8 Å². The Labute approximate surface area is 612 Å². The second kappa shape index (κ2) is 46.1. The normalized spacial score (nSPS) is 12.8. The van der Waals surface area contributed by atoms with Crippen LogP contribution < -0.4 is 77.4 Å². The monoisotopic (exact) mass is 1430 g/mol. The molecule has 21 N–H and O–H groups in total. The Hall–Kier alpha value is -8.35. The molecule has 533 valence electrons. The first kappa shape index (κ1) is 88.7. The van der Waals surface area contributed by atoms with Gasteiger partial charge in [0.05, 0.1) is 17.1 Å². The molecule has 22 heteroatoms. The Bertz CT molecular complexity index is 3390. The number of aryl methyl sites for hydroxylation is 7. The van der Waals surface area contributed by atoms with Gasteiger partial charge in [0.15, 0.2) is 0 Å². The zero-order valence-corrected chi connectivity index (χ0v) is 63.2. The Morgan fingerprint density at radius 3 is 0.909 bits per heavy atom. The summed E-state index contributed by atoms with van der Waals surface area (Å²) >= 11 is 0. The molecule has 1 aliphatic rings. The first-order chi connectivity index (χ1) is 46.0. The van der Waals surface area contributed by atoms with E-state index in [4.69, 9.17) is 40.1 Å². The molecule has 0 aromatic heterocycles. The van der Waals surface area contributed by atoms with Crippen molar-refractivity contribution in [2.75, 3.05) is 43.8 Å². The van der Waals surface area contributed by atoms with Gasteiger partial charge in [-0.2, -0.15) is 6.92 Å². The van der Waals surface area contributed by atoms with Crippen LogP contribution in [0, 0.1) is 60.8 Å². The number of hydrogen-bond donors (Lipinski definition) is 14. The Morgan fingerprint density at radius 1 is 0.424 bits per heavy atom. The molecule has 0 spiro atoms. The molecule has 8 rings (SSSR count). The number of nitrogens with two attached hydrogens (primary N) is 7. The van der Waals surface area contributed by atoms with E-state index in [1.807, 2.05) is 239 Å². The number of carbonyl (C=O) groups excluding carboxylic acids is 7. The number of nitrogens with one attached hydrogen (secondary N) is 7. The van der Waals surface area contributed by atoms with Crippen molar-refractivity contribution >= 4 is 81.2 Å². The third-order valence-corrected chi connectivity index (χ3v) is 14.4. The molecule has 5 atom stereocenters. The van der Waals surface area contributed by atoms with E-state index in [0.29, 0.717) is 19.4 Å². The maximum Gasteiger partial charge on any atom is 0.244 e. The van der Waals surface area contributed by atoms with Crippen LogP contribution in [-0.2, 0) is 66.3 Å². The van der Waals surface area contributed by atoms with E-state index in [0.717, 1.165) is 70.2 Å². The molecule has 5 unspecified atom stereocenters. The van der Waals surface area contributed by atoms with Gasteiger partial charge in [0.1, 0.15) is 0 Å². The number of carbonyl (C=O) groups is 7. The number of rotatable bonds is 18. The van der Waals surface area contributed by atoms with Crippen LogP contribution in [0.25, 0.3) is 0 Å². The zero-order chi connectivity index (χ0) is 73.7. The van der Waals surface area contributed by atoms with Gasteiger partial charge in [0.25, 0.3) is 0 Å². The largest absolute Gasteiger partial charge is 0.348 e. The summed E-state index contributed by atoms with van der Waals surface area (Å²) in [5, 5.41) is 19.4. The second-order valence-corrected chi connectivity index (χ2v) is 25.4. The minimum Gasteiger partial charge on any atom is -0.348 e. The van der Waals surface area contributed by atoms with Gasteiger partial charge in [-0.1, -0.05) is 131 Å². The summed E-state index contributed by atoms with van der Waals surface area (Å²) in [7, 11) is 0. The quantitative estimate of drug-likeness (QED) is 0.0355. The summed E-state index contributed by atoms with van der Waals surface area (Å²) in [6, 6.07) is 52.4. The van der Waals surface area contributed by atoms with E-state index in [1.165, 1.54) is 27.8 Å². The Morgan fingerprint density at radius 2 is 0.677 bits per heavy atom. The molecule has 1 radical (unpaired) electrons. The molecule has 1 fully saturated rings.